The Hall–Kier alpha value is -3.93. The number of para-hydroxylation sites is 5. The first-order valence-electron chi connectivity index (χ1n) is 10.3. The van der Waals surface area contributed by atoms with Crippen molar-refractivity contribution in [2.24, 2.45) is 0 Å². The first-order valence-corrected chi connectivity index (χ1v) is 10.3. The van der Waals surface area contributed by atoms with E-state index < -0.39 is 6.04 Å². The topological polar surface area (TPSA) is 69.0 Å². The normalized spacial score (nSPS) is 12.3. The fourth-order valence-electron chi connectivity index (χ4n) is 4.10. The second kappa shape index (κ2) is 7.72. The average molecular weight is 410 g/mol. The Balaban J connectivity index is 1.69. The standard InChI is InChI=1S/C25H22N4O2/c1-3-20(25(30)28-19-13-7-9-15-22(19)31-2)29-21-14-8-4-10-16(21)23-24(29)27-18-12-6-5-11-17(18)26-23/h4-15,20H,3H2,1-2H3,(H,28,30). The summed E-state index contributed by atoms with van der Waals surface area (Å²) in [7, 11) is 1.59. The minimum absolute atomic E-state index is 0.121. The van der Waals surface area contributed by atoms with Gasteiger partial charge >= 0.3 is 0 Å². The van der Waals surface area contributed by atoms with E-state index in [0.717, 1.165) is 27.5 Å². The van der Waals surface area contributed by atoms with Crippen molar-refractivity contribution in [1.29, 1.82) is 0 Å². The second-order valence-electron chi connectivity index (χ2n) is 7.39. The van der Waals surface area contributed by atoms with E-state index in [4.69, 9.17) is 14.7 Å². The van der Waals surface area contributed by atoms with Crippen molar-refractivity contribution in [1.82, 2.24) is 14.5 Å². The highest BCUT2D eigenvalue weighted by Crippen LogP contribution is 2.33. The van der Waals surface area contributed by atoms with Crippen LogP contribution in [0, 0.1) is 0 Å². The predicted molar refractivity (Wildman–Crippen MR) is 123 cm³/mol. The number of rotatable bonds is 5. The highest BCUT2D eigenvalue weighted by atomic mass is 16.5. The molecule has 31 heavy (non-hydrogen) atoms. The smallest absolute Gasteiger partial charge is 0.247 e. The Labute approximate surface area is 179 Å². The van der Waals surface area contributed by atoms with Crippen LogP contribution in [0.1, 0.15) is 19.4 Å². The quantitative estimate of drug-likeness (QED) is 0.425. The van der Waals surface area contributed by atoms with Crippen LogP contribution in [0.15, 0.2) is 72.8 Å². The van der Waals surface area contributed by atoms with Crippen molar-refractivity contribution in [2.45, 2.75) is 19.4 Å². The first kappa shape index (κ1) is 19.1. The molecule has 0 fully saturated rings. The van der Waals surface area contributed by atoms with Crippen LogP contribution >= 0.6 is 0 Å². The summed E-state index contributed by atoms with van der Waals surface area (Å²) in [6, 6.07) is 22.8. The highest BCUT2D eigenvalue weighted by molar-refractivity contribution is 6.08. The molecule has 1 amide bonds. The molecule has 0 aliphatic heterocycles. The van der Waals surface area contributed by atoms with E-state index in [9.17, 15) is 4.79 Å². The summed E-state index contributed by atoms with van der Waals surface area (Å²) in [5.41, 5.74) is 4.74. The molecule has 0 spiro atoms. The van der Waals surface area contributed by atoms with Gasteiger partial charge in [-0.25, -0.2) is 9.97 Å². The van der Waals surface area contributed by atoms with Crippen molar-refractivity contribution in [3.63, 3.8) is 0 Å². The summed E-state index contributed by atoms with van der Waals surface area (Å²) < 4.78 is 7.40. The van der Waals surface area contributed by atoms with Crippen molar-refractivity contribution in [3.05, 3.63) is 72.8 Å². The molecule has 154 valence electrons. The lowest BCUT2D eigenvalue weighted by atomic mass is 10.1. The number of ether oxygens (including phenoxy) is 1. The fraction of sp³-hybridized carbons (Fsp3) is 0.160. The van der Waals surface area contributed by atoms with Gasteiger partial charge in [0.25, 0.3) is 0 Å². The maximum atomic E-state index is 13.4. The van der Waals surface area contributed by atoms with Crippen molar-refractivity contribution in [2.75, 3.05) is 12.4 Å². The number of carbonyl (C=O) groups excluding carboxylic acids is 1. The van der Waals surface area contributed by atoms with Crippen LogP contribution in [-0.2, 0) is 4.79 Å². The Bertz CT molecular complexity index is 1420. The molecule has 0 radical (unpaired) electrons. The molecule has 5 aromatic rings. The van der Waals surface area contributed by atoms with Crippen LogP contribution in [0.25, 0.3) is 33.1 Å². The van der Waals surface area contributed by atoms with Gasteiger partial charge in [0.2, 0.25) is 5.91 Å². The first-order chi connectivity index (χ1) is 15.2. The van der Waals surface area contributed by atoms with Gasteiger partial charge in [-0.05, 0) is 36.8 Å². The monoisotopic (exact) mass is 410 g/mol. The lowest BCUT2D eigenvalue weighted by Crippen LogP contribution is -2.26. The summed E-state index contributed by atoms with van der Waals surface area (Å²) in [6.07, 6.45) is 0.600. The van der Waals surface area contributed by atoms with Crippen molar-refractivity contribution < 1.29 is 9.53 Å². The van der Waals surface area contributed by atoms with Crippen LogP contribution in [0.5, 0.6) is 5.75 Å². The zero-order valence-electron chi connectivity index (χ0n) is 17.4. The molecule has 0 bridgehead atoms. The molecular formula is C25H22N4O2. The Morgan fingerprint density at radius 3 is 2.42 bits per heavy atom. The molecule has 0 aliphatic carbocycles. The Kier molecular flexibility index (Phi) is 4.75. The van der Waals surface area contributed by atoms with E-state index in [1.807, 2.05) is 84.3 Å². The summed E-state index contributed by atoms with van der Waals surface area (Å²) in [5, 5.41) is 4.02. The van der Waals surface area contributed by atoms with E-state index in [-0.39, 0.29) is 5.91 Å². The molecule has 1 N–H and O–H groups in total. The van der Waals surface area contributed by atoms with Gasteiger partial charge < -0.3 is 14.6 Å². The maximum Gasteiger partial charge on any atom is 0.247 e. The van der Waals surface area contributed by atoms with Crippen LogP contribution in [0.4, 0.5) is 5.69 Å². The molecule has 2 aromatic heterocycles. The third kappa shape index (κ3) is 3.17. The van der Waals surface area contributed by atoms with E-state index in [0.29, 0.717) is 23.5 Å². The number of amides is 1. The zero-order valence-corrected chi connectivity index (χ0v) is 17.4. The van der Waals surface area contributed by atoms with E-state index >= 15 is 0 Å². The number of fused-ring (bicyclic) bond motifs is 4. The number of nitrogens with zero attached hydrogens (tertiary/aromatic N) is 3. The van der Waals surface area contributed by atoms with E-state index in [1.54, 1.807) is 7.11 Å². The van der Waals surface area contributed by atoms with Gasteiger partial charge in [-0.15, -0.1) is 0 Å². The number of hydrogen-bond donors (Lipinski definition) is 1. The predicted octanol–water partition coefficient (Wildman–Crippen LogP) is 5.34. The number of benzene rings is 3. The molecule has 0 saturated heterocycles. The SMILES string of the molecule is CCC(C(=O)Nc1ccccc1OC)n1c2ccccc2c2nc3ccccc3nc21. The summed E-state index contributed by atoms with van der Waals surface area (Å²) in [5.74, 6) is 0.503. The molecular weight excluding hydrogens is 388 g/mol. The minimum Gasteiger partial charge on any atom is -0.495 e. The maximum absolute atomic E-state index is 13.4. The van der Waals surface area contributed by atoms with Gasteiger partial charge in [0.1, 0.15) is 17.3 Å². The van der Waals surface area contributed by atoms with Crippen LogP contribution in [0.2, 0.25) is 0 Å². The minimum atomic E-state index is -0.456. The Morgan fingerprint density at radius 1 is 0.968 bits per heavy atom. The molecule has 2 heterocycles. The van der Waals surface area contributed by atoms with Gasteiger partial charge in [-0.2, -0.15) is 0 Å². The van der Waals surface area contributed by atoms with Crippen molar-refractivity contribution >= 4 is 44.7 Å². The molecule has 6 heteroatoms. The fourth-order valence-corrected chi connectivity index (χ4v) is 4.10. The Morgan fingerprint density at radius 2 is 1.65 bits per heavy atom. The molecule has 3 aromatic carbocycles. The molecule has 1 unspecified atom stereocenters. The van der Waals surface area contributed by atoms with Crippen LogP contribution in [-0.4, -0.2) is 27.6 Å². The second-order valence-corrected chi connectivity index (χ2v) is 7.39. The largest absolute Gasteiger partial charge is 0.495 e. The lowest BCUT2D eigenvalue weighted by molar-refractivity contribution is -0.119. The summed E-state index contributed by atoms with van der Waals surface area (Å²) in [6.45, 7) is 2.00. The molecule has 1 atom stereocenters. The van der Waals surface area contributed by atoms with E-state index in [2.05, 4.69) is 5.32 Å². The average Bonchev–Trinajstić information content (AvgIpc) is 3.12. The number of aromatic nitrogens is 3. The van der Waals surface area contributed by atoms with Crippen molar-refractivity contribution in [3.8, 4) is 5.75 Å². The number of methoxy groups -OCH3 is 1. The van der Waals surface area contributed by atoms with Gasteiger partial charge in [0, 0.05) is 5.39 Å². The number of hydrogen-bond acceptors (Lipinski definition) is 4. The number of carbonyl (C=O) groups is 1. The number of nitrogens with one attached hydrogen (secondary N) is 1. The zero-order chi connectivity index (χ0) is 21.4. The van der Waals surface area contributed by atoms with Gasteiger partial charge in [0.15, 0.2) is 5.65 Å². The van der Waals surface area contributed by atoms with Gasteiger partial charge in [-0.1, -0.05) is 49.4 Å². The van der Waals surface area contributed by atoms with Crippen LogP contribution < -0.4 is 10.1 Å². The van der Waals surface area contributed by atoms with E-state index in [1.165, 1.54) is 0 Å². The van der Waals surface area contributed by atoms with Gasteiger partial charge in [0.05, 0.1) is 29.3 Å². The lowest BCUT2D eigenvalue weighted by Gasteiger charge is -2.20. The summed E-state index contributed by atoms with van der Waals surface area (Å²) in [4.78, 5) is 23.2. The van der Waals surface area contributed by atoms with Gasteiger partial charge in [-0.3, -0.25) is 4.79 Å². The molecule has 5 rings (SSSR count). The number of anilines is 1. The van der Waals surface area contributed by atoms with Crippen LogP contribution in [0.3, 0.4) is 0 Å². The third-order valence-corrected chi connectivity index (χ3v) is 5.56. The highest BCUT2D eigenvalue weighted by Gasteiger charge is 2.25. The molecule has 0 saturated carbocycles. The third-order valence-electron chi connectivity index (χ3n) is 5.56. The molecule has 0 aliphatic rings. The summed E-state index contributed by atoms with van der Waals surface area (Å²) >= 11 is 0. The molecule has 6 nitrogen and oxygen atoms in total.